The molecule has 0 bridgehead atoms. The van der Waals surface area contributed by atoms with Crippen LogP contribution in [0.4, 0.5) is 13.2 Å². The van der Waals surface area contributed by atoms with Gasteiger partial charge in [0.1, 0.15) is 17.4 Å². The highest BCUT2D eigenvalue weighted by atomic mass is 19.4. The molecule has 2 amide bonds. The molecule has 0 spiro atoms. The first kappa shape index (κ1) is 26.9. The molecule has 0 unspecified atom stereocenters. The molecule has 1 fully saturated rings. The minimum absolute atomic E-state index is 0.0476. The summed E-state index contributed by atoms with van der Waals surface area (Å²) in [6, 6.07) is 14.0. The SMILES string of the molecule is NC(=O)c1cc(-c2ccc(CO)cc2)cnc1OC1CCN(C(=O)Cc2ccc(OC(F)(F)F)cc2)CC1. The van der Waals surface area contributed by atoms with Crippen molar-refractivity contribution in [3.8, 4) is 22.8 Å². The standard InChI is InChI=1S/C27H26F3N3O5/c28-27(29,30)38-22-7-3-17(4-8-22)13-24(35)33-11-9-21(10-12-33)37-26-23(25(31)36)14-20(15-32-26)19-5-1-18(16-34)2-6-19/h1-8,14-15,21,34H,9-13,16H2,(H2,31,36). The summed E-state index contributed by atoms with van der Waals surface area (Å²) in [6.07, 6.45) is -2.40. The number of rotatable bonds is 8. The number of aromatic nitrogens is 1. The number of aliphatic hydroxyl groups is 1. The molecule has 1 saturated heterocycles. The van der Waals surface area contributed by atoms with E-state index in [1.807, 2.05) is 12.1 Å². The predicted octanol–water partition coefficient (Wildman–Crippen LogP) is 3.85. The number of carbonyl (C=O) groups is 2. The van der Waals surface area contributed by atoms with E-state index < -0.39 is 12.3 Å². The number of nitrogens with two attached hydrogens (primary N) is 1. The van der Waals surface area contributed by atoms with Crippen LogP contribution < -0.4 is 15.2 Å². The highest BCUT2D eigenvalue weighted by Gasteiger charge is 2.31. The number of aliphatic hydroxyl groups excluding tert-OH is 1. The second kappa shape index (κ2) is 11.5. The van der Waals surface area contributed by atoms with E-state index >= 15 is 0 Å². The summed E-state index contributed by atoms with van der Waals surface area (Å²) in [7, 11) is 0. The zero-order valence-corrected chi connectivity index (χ0v) is 20.3. The largest absolute Gasteiger partial charge is 0.573 e. The second-order valence-corrected chi connectivity index (χ2v) is 8.86. The van der Waals surface area contributed by atoms with E-state index in [4.69, 9.17) is 10.5 Å². The smallest absolute Gasteiger partial charge is 0.474 e. The van der Waals surface area contributed by atoms with Crippen LogP contribution in [0, 0.1) is 0 Å². The molecule has 1 aliphatic heterocycles. The van der Waals surface area contributed by atoms with Crippen molar-refractivity contribution >= 4 is 11.8 Å². The van der Waals surface area contributed by atoms with Gasteiger partial charge in [-0.05, 0) is 34.9 Å². The predicted molar refractivity (Wildman–Crippen MR) is 131 cm³/mol. The lowest BCUT2D eigenvalue weighted by molar-refractivity contribution is -0.274. The number of pyridine rings is 1. The summed E-state index contributed by atoms with van der Waals surface area (Å²) in [5.74, 6) is -1.05. The van der Waals surface area contributed by atoms with Gasteiger partial charge in [0.25, 0.3) is 5.91 Å². The first-order valence-electron chi connectivity index (χ1n) is 11.9. The maximum absolute atomic E-state index is 12.7. The Morgan fingerprint density at radius 3 is 2.21 bits per heavy atom. The fourth-order valence-electron chi connectivity index (χ4n) is 4.16. The molecule has 0 radical (unpaired) electrons. The van der Waals surface area contributed by atoms with Crippen molar-refractivity contribution in [1.29, 1.82) is 0 Å². The zero-order valence-electron chi connectivity index (χ0n) is 20.3. The van der Waals surface area contributed by atoms with Crippen molar-refractivity contribution in [3.05, 3.63) is 77.5 Å². The Morgan fingerprint density at radius 1 is 1.00 bits per heavy atom. The summed E-state index contributed by atoms with van der Waals surface area (Å²) >= 11 is 0. The van der Waals surface area contributed by atoms with Crippen molar-refractivity contribution in [2.75, 3.05) is 13.1 Å². The molecule has 3 N–H and O–H groups in total. The number of primary amides is 1. The van der Waals surface area contributed by atoms with Crippen LogP contribution in [0.25, 0.3) is 11.1 Å². The van der Waals surface area contributed by atoms with Crippen LogP contribution in [0.5, 0.6) is 11.6 Å². The Morgan fingerprint density at radius 2 is 1.63 bits per heavy atom. The van der Waals surface area contributed by atoms with Gasteiger partial charge < -0.3 is 25.2 Å². The third-order valence-electron chi connectivity index (χ3n) is 6.17. The maximum Gasteiger partial charge on any atom is 0.573 e. The highest BCUT2D eigenvalue weighted by Crippen LogP contribution is 2.27. The van der Waals surface area contributed by atoms with Crippen LogP contribution in [0.2, 0.25) is 0 Å². The molecule has 200 valence electrons. The fraction of sp³-hybridized carbons (Fsp3) is 0.296. The van der Waals surface area contributed by atoms with E-state index in [9.17, 15) is 27.9 Å². The quantitative estimate of drug-likeness (QED) is 0.458. The molecule has 11 heteroatoms. The van der Waals surface area contributed by atoms with E-state index in [0.29, 0.717) is 37.1 Å². The lowest BCUT2D eigenvalue weighted by Crippen LogP contribution is -2.42. The minimum Gasteiger partial charge on any atom is -0.474 e. The van der Waals surface area contributed by atoms with Gasteiger partial charge in [0.15, 0.2) is 0 Å². The third-order valence-corrected chi connectivity index (χ3v) is 6.17. The Kier molecular flexibility index (Phi) is 8.16. The number of halogens is 3. The van der Waals surface area contributed by atoms with Crippen LogP contribution >= 0.6 is 0 Å². The van der Waals surface area contributed by atoms with Gasteiger partial charge in [-0.25, -0.2) is 4.98 Å². The van der Waals surface area contributed by atoms with E-state index in [0.717, 1.165) is 11.1 Å². The van der Waals surface area contributed by atoms with E-state index in [1.165, 1.54) is 24.3 Å². The Hall–Kier alpha value is -4.12. The number of alkyl halides is 3. The van der Waals surface area contributed by atoms with Crippen molar-refractivity contribution < 1.29 is 37.3 Å². The number of benzene rings is 2. The third kappa shape index (κ3) is 7.00. The lowest BCUT2D eigenvalue weighted by Gasteiger charge is -2.32. The van der Waals surface area contributed by atoms with Crippen LogP contribution in [0.1, 0.15) is 34.3 Å². The van der Waals surface area contributed by atoms with Gasteiger partial charge in [0, 0.05) is 37.7 Å². The number of hydrogen-bond donors (Lipinski definition) is 2. The number of amides is 2. The Labute approximate surface area is 216 Å². The van der Waals surface area contributed by atoms with Gasteiger partial charge in [0.05, 0.1) is 13.0 Å². The number of piperidine rings is 1. The van der Waals surface area contributed by atoms with Gasteiger partial charge >= 0.3 is 6.36 Å². The van der Waals surface area contributed by atoms with Crippen LogP contribution in [0.15, 0.2) is 60.8 Å². The molecule has 0 aliphatic carbocycles. The molecule has 1 aromatic heterocycles. The highest BCUT2D eigenvalue weighted by molar-refractivity contribution is 5.96. The average molecular weight is 530 g/mol. The molecule has 4 rings (SSSR count). The van der Waals surface area contributed by atoms with Gasteiger partial charge in [-0.15, -0.1) is 13.2 Å². The molecule has 0 atom stereocenters. The molecule has 0 saturated carbocycles. The fourth-order valence-corrected chi connectivity index (χ4v) is 4.16. The first-order valence-corrected chi connectivity index (χ1v) is 11.9. The van der Waals surface area contributed by atoms with Gasteiger partial charge in [0.2, 0.25) is 11.8 Å². The average Bonchev–Trinajstić information content (AvgIpc) is 2.89. The van der Waals surface area contributed by atoms with Crippen LogP contribution in [0.3, 0.4) is 0 Å². The molecule has 3 aromatic rings. The van der Waals surface area contributed by atoms with Crippen LogP contribution in [-0.2, 0) is 17.8 Å². The van der Waals surface area contributed by atoms with Crippen molar-refractivity contribution in [1.82, 2.24) is 9.88 Å². The van der Waals surface area contributed by atoms with Gasteiger partial charge in [-0.3, -0.25) is 9.59 Å². The van der Waals surface area contributed by atoms with Gasteiger partial charge in [-0.2, -0.15) is 0 Å². The number of nitrogens with zero attached hydrogens (tertiary/aromatic N) is 2. The number of ether oxygens (including phenoxy) is 2. The molecule has 1 aliphatic rings. The maximum atomic E-state index is 12.7. The normalized spacial score (nSPS) is 14.3. The molecule has 2 aromatic carbocycles. The lowest BCUT2D eigenvalue weighted by atomic mass is 10.0. The molecular formula is C27H26F3N3O5. The van der Waals surface area contributed by atoms with Crippen LogP contribution in [-0.4, -0.2) is 52.4 Å². The number of carbonyl (C=O) groups excluding carboxylic acids is 2. The van der Waals surface area contributed by atoms with Crippen molar-refractivity contribution in [2.24, 2.45) is 5.73 Å². The number of likely N-dealkylation sites (tertiary alicyclic amines) is 1. The summed E-state index contributed by atoms with van der Waals surface area (Å²) < 4.78 is 46.8. The van der Waals surface area contributed by atoms with Crippen molar-refractivity contribution in [2.45, 2.75) is 38.3 Å². The summed E-state index contributed by atoms with van der Waals surface area (Å²) in [5.41, 5.74) is 8.53. The molecule has 38 heavy (non-hydrogen) atoms. The second-order valence-electron chi connectivity index (χ2n) is 8.86. The summed E-state index contributed by atoms with van der Waals surface area (Å²) in [6.45, 7) is 0.760. The molecule has 8 nitrogen and oxygen atoms in total. The number of hydrogen-bond acceptors (Lipinski definition) is 6. The van der Waals surface area contributed by atoms with E-state index in [1.54, 1.807) is 29.3 Å². The molecular weight excluding hydrogens is 503 g/mol. The molecule has 2 heterocycles. The van der Waals surface area contributed by atoms with Gasteiger partial charge in [-0.1, -0.05) is 36.4 Å². The van der Waals surface area contributed by atoms with E-state index in [2.05, 4.69) is 9.72 Å². The minimum atomic E-state index is -4.77. The first-order chi connectivity index (χ1) is 18.1. The summed E-state index contributed by atoms with van der Waals surface area (Å²) in [4.78, 5) is 30.8. The topological polar surface area (TPSA) is 115 Å². The monoisotopic (exact) mass is 529 g/mol. The summed E-state index contributed by atoms with van der Waals surface area (Å²) in [5, 5.41) is 9.21. The van der Waals surface area contributed by atoms with Crippen molar-refractivity contribution in [3.63, 3.8) is 0 Å². The Balaban J connectivity index is 1.33. The zero-order chi connectivity index (χ0) is 27.3. The Bertz CT molecular complexity index is 1270. The van der Waals surface area contributed by atoms with E-state index in [-0.39, 0.29) is 42.2 Å².